The number of allylic oxidation sites excluding steroid dienone is 4. The molecule has 0 radical (unpaired) electrons. The van der Waals surface area contributed by atoms with E-state index in [9.17, 15) is 0 Å². The van der Waals surface area contributed by atoms with Gasteiger partial charge in [0.25, 0.3) is 0 Å². The van der Waals surface area contributed by atoms with Gasteiger partial charge in [0.15, 0.2) is 0 Å². The fourth-order valence-corrected chi connectivity index (χ4v) is 10.5. The summed E-state index contributed by atoms with van der Waals surface area (Å²) in [5.41, 5.74) is 17.2. The maximum absolute atomic E-state index is 3.76. The average Bonchev–Trinajstić information content (AvgIpc) is 3.40. The van der Waals surface area contributed by atoms with E-state index in [-0.39, 0.29) is 5.41 Å². The molecule has 1 saturated carbocycles. The molecule has 0 saturated heterocycles. The van der Waals surface area contributed by atoms with E-state index in [0.717, 1.165) is 24.9 Å². The predicted octanol–water partition coefficient (Wildman–Crippen LogP) is 12.3. The van der Waals surface area contributed by atoms with Crippen molar-refractivity contribution in [3.05, 3.63) is 162 Å². The zero-order chi connectivity index (χ0) is 31.4. The van der Waals surface area contributed by atoms with Crippen molar-refractivity contribution >= 4 is 57.0 Å². The number of anilines is 5. The molecule has 2 heterocycles. The molecule has 3 heteroatoms. The predicted molar refractivity (Wildman–Crippen MR) is 203 cm³/mol. The lowest BCUT2D eigenvalue weighted by atomic mass is 9.59. The first-order valence-electron chi connectivity index (χ1n) is 17.1. The lowest BCUT2D eigenvalue weighted by Crippen LogP contribution is -2.45. The van der Waals surface area contributed by atoms with E-state index in [4.69, 9.17) is 0 Å². The van der Waals surface area contributed by atoms with Gasteiger partial charge in [-0.15, -0.1) is 11.8 Å². The van der Waals surface area contributed by atoms with Crippen LogP contribution in [0.25, 0.3) is 39.1 Å². The maximum Gasteiger partial charge on any atom is 0.0470 e. The highest BCUT2D eigenvalue weighted by molar-refractivity contribution is 8.00. The van der Waals surface area contributed by atoms with Gasteiger partial charge < -0.3 is 10.2 Å². The van der Waals surface area contributed by atoms with Crippen molar-refractivity contribution in [1.29, 1.82) is 0 Å². The van der Waals surface area contributed by atoms with E-state index in [2.05, 4.69) is 156 Å². The molecule has 6 aliphatic rings. The van der Waals surface area contributed by atoms with Crippen molar-refractivity contribution in [2.75, 3.05) is 10.2 Å². The van der Waals surface area contributed by atoms with E-state index in [1.807, 2.05) is 11.8 Å². The third-order valence-electron chi connectivity index (χ3n) is 11.2. The van der Waals surface area contributed by atoms with Gasteiger partial charge in [-0.1, -0.05) is 84.5 Å². The SMILES string of the molecule is C1=CC23CC(=C1)C2Sc1ccc(N(c2ccccc2)c2ccc(-c4cc5c6c(cccc6c4)Nc4ccc6c(c4-5)CCC=C6)cc2)cc13. The molecule has 2 nitrogen and oxygen atoms in total. The minimum absolute atomic E-state index is 0.159. The minimum Gasteiger partial charge on any atom is -0.354 e. The lowest BCUT2D eigenvalue weighted by molar-refractivity contribution is 0.433. The number of nitrogens with zero attached hydrogens (tertiary/aromatic N) is 1. The van der Waals surface area contributed by atoms with Gasteiger partial charge in [-0.05, 0) is 125 Å². The summed E-state index contributed by atoms with van der Waals surface area (Å²) in [5, 5.41) is 6.93. The van der Waals surface area contributed by atoms with Gasteiger partial charge in [-0.25, -0.2) is 0 Å². The Morgan fingerprint density at radius 2 is 1.62 bits per heavy atom. The highest BCUT2D eigenvalue weighted by Gasteiger charge is 2.56. The van der Waals surface area contributed by atoms with Gasteiger partial charge in [-0.3, -0.25) is 0 Å². The van der Waals surface area contributed by atoms with Crippen molar-refractivity contribution in [2.45, 2.75) is 34.8 Å². The summed E-state index contributed by atoms with van der Waals surface area (Å²) >= 11 is 2.05. The first kappa shape index (κ1) is 26.8. The van der Waals surface area contributed by atoms with Gasteiger partial charge in [-0.2, -0.15) is 0 Å². The van der Waals surface area contributed by atoms with Crippen LogP contribution in [0.3, 0.4) is 0 Å². The summed E-state index contributed by atoms with van der Waals surface area (Å²) in [6.07, 6.45) is 15.0. The van der Waals surface area contributed by atoms with E-state index >= 15 is 0 Å². The molecule has 2 bridgehead atoms. The second-order valence-electron chi connectivity index (χ2n) is 13.8. The third-order valence-corrected chi connectivity index (χ3v) is 12.7. The Labute approximate surface area is 285 Å². The van der Waals surface area contributed by atoms with E-state index in [1.165, 1.54) is 77.4 Å². The molecule has 6 aromatic rings. The molecule has 2 atom stereocenters. The molecule has 0 amide bonds. The van der Waals surface area contributed by atoms with Crippen LogP contribution >= 0.6 is 11.8 Å². The van der Waals surface area contributed by atoms with Gasteiger partial charge in [0.05, 0.1) is 0 Å². The van der Waals surface area contributed by atoms with Gasteiger partial charge in [0.2, 0.25) is 0 Å². The average molecular weight is 633 g/mol. The van der Waals surface area contributed by atoms with Crippen LogP contribution in [0.5, 0.6) is 0 Å². The second kappa shape index (κ2) is 9.88. The van der Waals surface area contributed by atoms with Crippen molar-refractivity contribution in [1.82, 2.24) is 0 Å². The van der Waals surface area contributed by atoms with Gasteiger partial charge in [0.1, 0.15) is 0 Å². The molecular weight excluding hydrogens is 601 g/mol. The molecule has 2 unspecified atom stereocenters. The Hall–Kier alpha value is -5.25. The molecule has 2 aliphatic heterocycles. The van der Waals surface area contributed by atoms with Crippen LogP contribution in [0, 0.1) is 0 Å². The van der Waals surface area contributed by atoms with Crippen LogP contribution < -0.4 is 10.2 Å². The lowest BCUT2D eigenvalue weighted by Gasteiger charge is -2.47. The Bertz CT molecular complexity index is 2430. The van der Waals surface area contributed by atoms with Gasteiger partial charge >= 0.3 is 0 Å². The molecule has 12 rings (SSSR count). The summed E-state index contributed by atoms with van der Waals surface area (Å²) in [5.74, 6) is 0. The van der Waals surface area contributed by atoms with Crippen LogP contribution in [-0.4, -0.2) is 5.25 Å². The van der Waals surface area contributed by atoms with E-state index in [0.29, 0.717) is 5.25 Å². The van der Waals surface area contributed by atoms with Crippen LogP contribution in [0.2, 0.25) is 0 Å². The standard InChI is InChI=1S/C45H32N2S/c1-2-11-33(12-3-1)47(35-20-22-41-38(26-35)45-23-7-10-31(27-45)44(45)48-41)34-18-15-28(16-19-34)32-24-30-9-6-14-39-42(30)37(25-32)43-36-13-5-4-8-29(36)17-21-40(43)46-39/h1-4,6-12,14-26,44,46H,5,13,27H2. The number of rotatable bonds is 4. The van der Waals surface area contributed by atoms with Gasteiger partial charge in [0, 0.05) is 54.9 Å². The van der Waals surface area contributed by atoms with Crippen molar-refractivity contribution in [2.24, 2.45) is 0 Å². The Kier molecular flexibility index (Phi) is 5.51. The first-order chi connectivity index (χ1) is 23.7. The number of fused-ring (bicyclic) bond motifs is 6. The smallest absolute Gasteiger partial charge is 0.0470 e. The minimum atomic E-state index is 0.159. The molecular formula is C45H32N2S. The van der Waals surface area contributed by atoms with Crippen molar-refractivity contribution < 1.29 is 0 Å². The van der Waals surface area contributed by atoms with E-state index < -0.39 is 0 Å². The topological polar surface area (TPSA) is 15.3 Å². The number of para-hydroxylation sites is 1. The van der Waals surface area contributed by atoms with Crippen LogP contribution in [0.4, 0.5) is 28.4 Å². The number of nitrogens with one attached hydrogen (secondary N) is 1. The third kappa shape index (κ3) is 3.71. The fourth-order valence-electron chi connectivity index (χ4n) is 8.92. The maximum atomic E-state index is 3.76. The molecule has 228 valence electrons. The summed E-state index contributed by atoms with van der Waals surface area (Å²) in [7, 11) is 0. The Balaban J connectivity index is 1.02. The molecule has 1 fully saturated rings. The molecule has 48 heavy (non-hydrogen) atoms. The summed E-state index contributed by atoms with van der Waals surface area (Å²) < 4.78 is 0. The first-order valence-corrected chi connectivity index (χ1v) is 17.9. The number of hydrogen-bond donors (Lipinski definition) is 1. The van der Waals surface area contributed by atoms with Crippen LogP contribution in [0.1, 0.15) is 29.5 Å². The van der Waals surface area contributed by atoms with Crippen molar-refractivity contribution in [3.8, 4) is 22.3 Å². The monoisotopic (exact) mass is 632 g/mol. The highest BCUT2D eigenvalue weighted by Crippen LogP contribution is 2.65. The quantitative estimate of drug-likeness (QED) is 0.208. The molecule has 6 aromatic carbocycles. The number of hydrogen-bond acceptors (Lipinski definition) is 3. The Morgan fingerprint density at radius 3 is 2.52 bits per heavy atom. The van der Waals surface area contributed by atoms with Crippen LogP contribution in [0.15, 0.2) is 150 Å². The second-order valence-corrected chi connectivity index (χ2v) is 14.9. The highest BCUT2D eigenvalue weighted by atomic mass is 32.2. The summed E-state index contributed by atoms with van der Waals surface area (Å²) in [6, 6.07) is 43.1. The van der Waals surface area contributed by atoms with Crippen molar-refractivity contribution in [3.63, 3.8) is 0 Å². The molecule has 1 spiro atoms. The molecule has 0 aromatic heterocycles. The zero-order valence-electron chi connectivity index (χ0n) is 26.4. The molecule has 4 aliphatic carbocycles. The number of benzene rings is 6. The molecule has 1 N–H and O–H groups in total. The number of thioether (sulfide) groups is 1. The summed E-state index contributed by atoms with van der Waals surface area (Å²) in [6.45, 7) is 0. The van der Waals surface area contributed by atoms with E-state index in [1.54, 1.807) is 5.57 Å². The normalized spacial score (nSPS) is 20.2. The summed E-state index contributed by atoms with van der Waals surface area (Å²) in [4.78, 5) is 3.85. The fraction of sp³-hybridized carbons (Fsp3) is 0.111. The van der Waals surface area contributed by atoms with Crippen LogP contribution in [-0.2, 0) is 11.8 Å². The zero-order valence-corrected chi connectivity index (χ0v) is 27.2. The largest absolute Gasteiger partial charge is 0.354 e. The Morgan fingerprint density at radius 1 is 0.750 bits per heavy atom.